The highest BCUT2D eigenvalue weighted by Crippen LogP contribution is 2.70. The van der Waals surface area contributed by atoms with Crippen LogP contribution in [0.3, 0.4) is 0 Å². The van der Waals surface area contributed by atoms with Gasteiger partial charge >= 0.3 is 83.6 Å². The molecule has 0 aromatic carbocycles. The Hall–Kier alpha value is -8.47. The van der Waals surface area contributed by atoms with E-state index in [1.165, 1.54) is 0 Å². The molecule has 0 aromatic heterocycles. The summed E-state index contributed by atoms with van der Waals surface area (Å²) in [6, 6.07) is 0. The van der Waals surface area contributed by atoms with Gasteiger partial charge in [-0.2, -0.15) is 11.8 Å². The van der Waals surface area contributed by atoms with Crippen LogP contribution in [0.4, 0.5) is 0 Å². The third-order valence-electron chi connectivity index (χ3n) is 29.9. The number of fused-ring (bicyclic) bond motifs is 49. The van der Waals surface area contributed by atoms with Crippen LogP contribution in [0, 0.1) is 166 Å². The van der Waals surface area contributed by atoms with Gasteiger partial charge in [0.15, 0.2) is 0 Å². The lowest BCUT2D eigenvalue weighted by Gasteiger charge is -2.36. The van der Waals surface area contributed by atoms with Crippen LogP contribution in [0.15, 0.2) is 85.1 Å². The average molecular weight is 1670 g/mol. The summed E-state index contributed by atoms with van der Waals surface area (Å²) in [5.74, 6) is -24.7. The Morgan fingerprint density at radius 1 is 0.198 bits per heavy atom. The van der Waals surface area contributed by atoms with E-state index in [-0.39, 0.29) is 118 Å². The number of hydrogen-bond acceptors (Lipinski definition) is 24. The highest BCUT2D eigenvalue weighted by atomic mass is 32.2. The summed E-state index contributed by atoms with van der Waals surface area (Å²) in [7, 11) is 0. The Kier molecular flexibility index (Phi) is 19.4. The van der Waals surface area contributed by atoms with Gasteiger partial charge in [-0.1, -0.05) is 85.1 Å². The highest BCUT2D eigenvalue weighted by Gasteiger charge is 2.76. The van der Waals surface area contributed by atoms with Gasteiger partial charge in [-0.05, 0) is 60.2 Å². The second-order valence-electron chi connectivity index (χ2n) is 34.3. The van der Waals surface area contributed by atoms with Crippen molar-refractivity contribution in [2.24, 2.45) is 166 Å². The molecule has 35 nitrogen and oxygen atoms in total. The monoisotopic (exact) mass is 1670 g/mol. The van der Waals surface area contributed by atoms with Gasteiger partial charge < -0.3 is 105 Å². The summed E-state index contributed by atoms with van der Waals surface area (Å²) in [4.78, 5) is 156. The minimum absolute atomic E-state index is 0.00157. The fraction of sp³-hybridized carbons (Fsp3) is 0.641. The van der Waals surface area contributed by atoms with Crippen molar-refractivity contribution in [2.75, 3.05) is 0 Å². The van der Waals surface area contributed by atoms with Gasteiger partial charge in [-0.25, -0.2) is 0 Å². The van der Waals surface area contributed by atoms with Crippen molar-refractivity contribution in [3.8, 4) is 0 Å². The molecule has 14 N–H and O–H groups in total. The molecule has 17 fully saturated rings. The molecule has 24 bridgehead atoms. The number of rotatable bonds is 14. The van der Waals surface area contributed by atoms with E-state index >= 15 is 0 Å². The van der Waals surface area contributed by atoms with Crippen LogP contribution in [0.5, 0.6) is 0 Å². The van der Waals surface area contributed by atoms with Gasteiger partial charge in [0, 0.05) is 67.0 Å². The fourth-order valence-corrected chi connectivity index (χ4v) is 32.3. The molecule has 0 amide bonds. The lowest BCUT2D eigenvalue weighted by Crippen LogP contribution is -2.49. The first-order chi connectivity index (χ1) is 55.2. The number of carboxylic acid groups (broad SMARTS) is 14. The Bertz CT molecular complexity index is 3680. The molecule has 20 heterocycles. The van der Waals surface area contributed by atoms with Gasteiger partial charge in [0.25, 0.3) is 0 Å². The summed E-state index contributed by atoms with van der Waals surface area (Å²) in [5.41, 5.74) is 0. The average Bonchev–Trinajstić information content (AvgIpc) is 1.56. The zero-order chi connectivity index (χ0) is 82.2. The number of allylic oxidation sites excluding steroid dienone is 2. The molecule has 116 heavy (non-hydrogen) atoms. The van der Waals surface area contributed by atoms with E-state index in [0.717, 1.165) is 6.42 Å². The number of aliphatic carboxylic acids is 14. The molecule has 620 valence electrons. The highest BCUT2D eigenvalue weighted by molar-refractivity contribution is 8.03. The minimum atomic E-state index is -1.11. The smallest absolute Gasteiger partial charge is 0.310 e. The van der Waals surface area contributed by atoms with Crippen molar-refractivity contribution in [2.45, 2.75) is 130 Å². The molecule has 3 saturated carbocycles. The molecule has 0 spiro atoms. The van der Waals surface area contributed by atoms with E-state index in [9.17, 15) is 118 Å². The number of hydrogen-bond donors (Lipinski definition) is 14. The molecular formula is C78H80O35S3. The minimum Gasteiger partial charge on any atom is -0.481 e. The number of carbonyl (C=O) groups is 14. The summed E-state index contributed by atoms with van der Waals surface area (Å²) < 4.78 is 39.5. The van der Waals surface area contributed by atoms with E-state index in [2.05, 4.69) is 24.3 Å². The van der Waals surface area contributed by atoms with E-state index in [1.54, 1.807) is 23.9 Å². The van der Waals surface area contributed by atoms with Crippen molar-refractivity contribution in [3.05, 3.63) is 85.1 Å². The Morgan fingerprint density at radius 3 is 0.681 bits per heavy atom. The molecule has 48 unspecified atom stereocenters. The van der Waals surface area contributed by atoms with Gasteiger partial charge in [0.2, 0.25) is 0 Å². The molecule has 20 aliphatic heterocycles. The van der Waals surface area contributed by atoms with Gasteiger partial charge in [-0.3, -0.25) is 67.1 Å². The molecule has 0 aromatic rings. The van der Waals surface area contributed by atoms with Crippen molar-refractivity contribution >= 4 is 119 Å². The summed E-state index contributed by atoms with van der Waals surface area (Å²) in [5, 5.41) is 130. The first kappa shape index (κ1) is 78.7. The van der Waals surface area contributed by atoms with E-state index < -0.39 is 215 Å². The van der Waals surface area contributed by atoms with Crippen molar-refractivity contribution < 1.29 is 172 Å². The van der Waals surface area contributed by atoms with Crippen LogP contribution in [-0.4, -0.2) is 272 Å². The second-order valence-corrected chi connectivity index (χ2v) is 38.4. The van der Waals surface area contributed by atoms with Gasteiger partial charge in [0.1, 0.15) is 11.8 Å². The Balaban J connectivity index is 0.0000000940. The van der Waals surface area contributed by atoms with Crippen LogP contribution in [0.1, 0.15) is 12.8 Å². The molecule has 0 radical (unpaired) electrons. The molecule has 14 saturated heterocycles. The van der Waals surface area contributed by atoms with Crippen LogP contribution < -0.4 is 0 Å². The van der Waals surface area contributed by atoms with Crippen LogP contribution in [0.25, 0.3) is 0 Å². The Labute approximate surface area is 667 Å². The molecule has 4 aliphatic carbocycles. The predicted octanol–water partition coefficient (Wildman–Crippen LogP) is 2.03. The number of thioether (sulfide) groups is 3. The molecule has 24 aliphatic rings. The third-order valence-corrected chi connectivity index (χ3v) is 34.9. The fourth-order valence-electron chi connectivity index (χ4n) is 26.2. The van der Waals surface area contributed by atoms with E-state index in [4.69, 9.17) is 53.6 Å². The van der Waals surface area contributed by atoms with Crippen molar-refractivity contribution in [1.82, 2.24) is 0 Å². The lowest BCUT2D eigenvalue weighted by molar-refractivity contribution is -0.158. The van der Waals surface area contributed by atoms with Gasteiger partial charge in [-0.15, -0.1) is 23.5 Å². The maximum absolute atomic E-state index is 11.4. The van der Waals surface area contributed by atoms with E-state index in [0.29, 0.717) is 39.3 Å². The van der Waals surface area contributed by atoms with Crippen LogP contribution in [-0.2, 0) is 100 Å². The zero-order valence-electron chi connectivity index (χ0n) is 60.3. The summed E-state index contributed by atoms with van der Waals surface area (Å²) >= 11 is 5.34. The number of carboxylic acids is 14. The lowest BCUT2D eigenvalue weighted by atomic mass is 9.65. The van der Waals surface area contributed by atoms with Crippen molar-refractivity contribution in [1.29, 1.82) is 0 Å². The maximum Gasteiger partial charge on any atom is 0.310 e. The maximum atomic E-state index is 11.4. The molecular weight excluding hydrogens is 1590 g/mol. The summed E-state index contributed by atoms with van der Waals surface area (Å²) in [6.07, 6.45) is 24.2. The zero-order valence-corrected chi connectivity index (χ0v) is 62.7. The Morgan fingerprint density at radius 2 is 0.422 bits per heavy atom. The quantitative estimate of drug-likeness (QED) is 0.111. The molecule has 48 atom stereocenters. The third kappa shape index (κ3) is 11.7. The number of ether oxygens (including phenoxy) is 7. The molecule has 38 heteroatoms. The second kappa shape index (κ2) is 28.6. The van der Waals surface area contributed by atoms with Crippen molar-refractivity contribution in [3.63, 3.8) is 0 Å². The topological polar surface area (TPSA) is 587 Å². The first-order valence-electron chi connectivity index (χ1n) is 38.7. The molecule has 24 rings (SSSR count). The van der Waals surface area contributed by atoms with Crippen LogP contribution >= 0.6 is 35.3 Å². The predicted molar refractivity (Wildman–Crippen MR) is 384 cm³/mol. The largest absolute Gasteiger partial charge is 0.481 e. The first-order valence-corrected chi connectivity index (χ1v) is 41.5. The standard InChI is InChI=1S/C13H14O5.2C12H12O6.C12H12O5S.C12H12O4S2.C9H10O4.C8H8O5/c14-12(15)10-4-3-5(11(10)13(16)17)9-7-2-1-6(18-7)8(4)9;2*13-11(14)7-8(12(15)16)10-6-4-2-1-3(17-4)5(6)9(7)18-10;13-11(14)7-8(12(15)16)10-6-4-2-1-3(18-4)5(6)9(7)17-10;13-11(14)7-8(12(15)16)10-6-4-2-1-3(17-4)5(6)9(7)18-10;10-8(11)6-4-1-2-5(3-4)7(6)9(12)13;9-7(10)5-3-1-2-4(13-3)6(5)8(11)12/h1-2,4-11H,3H2,(H,14,15)(H,16,17);4*1-10H,(H,13,14)(H,15,16);1-2,4-7H,3H2,(H,10,11)(H,12,13);1-6H,(H,9,10)(H,11,12). The normalized spacial score (nSPS) is 51.8. The summed E-state index contributed by atoms with van der Waals surface area (Å²) in [6.45, 7) is 0. The van der Waals surface area contributed by atoms with E-state index in [1.807, 2.05) is 72.1 Å². The van der Waals surface area contributed by atoms with Gasteiger partial charge in [0.05, 0.1) is 156 Å². The van der Waals surface area contributed by atoms with Crippen LogP contribution in [0.2, 0.25) is 0 Å². The SMILES string of the molecule is O=C(O)C1C2C=CC(C2)C1C(=O)O.O=C(O)C1C2C=CC(O2)C1C(=O)O.O=C(O)C1C2CC(C1C(=O)O)C1C3C=CC(O3)C21.O=C(O)C1C2OC(C1C(=O)O)C1C3C=CC(O3)C21.O=C(O)C1C2OC(C1C(=O)O)C1C3C=CC(O3)C21.O=C(O)C1C2OC(C1C(=O)O)C1C3C=CC(S3)C21.O=C(O)C1C2SC(C1C(=O)O)C1C3C=CC(S3)C21.